The molecule has 5 nitrogen and oxygen atoms in total. The molecule has 0 bridgehead atoms. The Balaban J connectivity index is 0.00000196. The molecule has 0 atom stereocenters. The van der Waals surface area contributed by atoms with Crippen LogP contribution in [0.2, 0.25) is 0 Å². The molecule has 0 saturated carbocycles. The fraction of sp³-hybridized carbons (Fsp3) is 0.100. The van der Waals surface area contributed by atoms with Crippen molar-refractivity contribution in [3.63, 3.8) is 0 Å². The molecule has 1 amide bonds. The molecule has 4 aromatic rings. The van der Waals surface area contributed by atoms with Gasteiger partial charge in [-0.3, -0.25) is 4.79 Å². The van der Waals surface area contributed by atoms with E-state index in [1.54, 1.807) is 12.1 Å². The third-order valence-corrected chi connectivity index (χ3v) is 4.14. The highest BCUT2D eigenvalue weighted by Crippen LogP contribution is 2.26. The van der Waals surface area contributed by atoms with E-state index in [-0.39, 0.29) is 24.1 Å². The highest BCUT2D eigenvalue weighted by atomic mass is 35.5. The lowest BCUT2D eigenvalue weighted by atomic mass is 10.1. The molecule has 2 N–H and O–H groups in total. The van der Waals surface area contributed by atoms with E-state index in [1.807, 2.05) is 44.2 Å². The first kappa shape index (κ1) is 17.8. The second kappa shape index (κ2) is 7.06. The van der Waals surface area contributed by atoms with Gasteiger partial charge in [0.15, 0.2) is 5.76 Å². The predicted molar refractivity (Wildman–Crippen MR) is 105 cm³/mol. The van der Waals surface area contributed by atoms with Gasteiger partial charge in [-0.2, -0.15) is 0 Å². The van der Waals surface area contributed by atoms with E-state index in [9.17, 15) is 4.79 Å². The maximum atomic E-state index is 12.2. The van der Waals surface area contributed by atoms with Gasteiger partial charge in [0.25, 0.3) is 5.91 Å². The van der Waals surface area contributed by atoms with Crippen LogP contribution in [-0.2, 0) is 0 Å². The summed E-state index contributed by atoms with van der Waals surface area (Å²) in [6.07, 6.45) is 1.48. The zero-order valence-electron chi connectivity index (χ0n) is 14.4. The van der Waals surface area contributed by atoms with Crippen LogP contribution in [0.4, 0.5) is 5.69 Å². The number of aromatic nitrogens is 2. The summed E-state index contributed by atoms with van der Waals surface area (Å²) in [5.41, 5.74) is 5.71. The number of nitrogens with zero attached hydrogens (tertiary/aromatic N) is 1. The molecule has 0 aliphatic carbocycles. The molecule has 2 aromatic heterocycles. The van der Waals surface area contributed by atoms with Crippen LogP contribution in [0.5, 0.6) is 0 Å². The molecule has 0 spiro atoms. The Bertz CT molecular complexity index is 1070. The van der Waals surface area contributed by atoms with Crippen molar-refractivity contribution in [3.8, 4) is 11.4 Å². The second-order valence-corrected chi connectivity index (χ2v) is 6.07. The van der Waals surface area contributed by atoms with Crippen molar-refractivity contribution < 1.29 is 9.21 Å². The van der Waals surface area contributed by atoms with Crippen LogP contribution in [0, 0.1) is 13.8 Å². The van der Waals surface area contributed by atoms with Crippen LogP contribution in [0.25, 0.3) is 22.4 Å². The van der Waals surface area contributed by atoms with Crippen molar-refractivity contribution in [1.82, 2.24) is 9.97 Å². The van der Waals surface area contributed by atoms with Gasteiger partial charge in [-0.1, -0.05) is 18.2 Å². The number of imidazole rings is 1. The highest BCUT2D eigenvalue weighted by molar-refractivity contribution is 6.03. The molecule has 4 rings (SSSR count). The van der Waals surface area contributed by atoms with E-state index in [1.165, 1.54) is 11.8 Å². The fourth-order valence-corrected chi connectivity index (χ4v) is 2.76. The molecule has 0 saturated heterocycles. The number of nitrogens with one attached hydrogen (secondary N) is 2. The monoisotopic (exact) mass is 367 g/mol. The predicted octanol–water partition coefficient (Wildman–Crippen LogP) is 5.11. The third-order valence-electron chi connectivity index (χ3n) is 4.14. The van der Waals surface area contributed by atoms with Gasteiger partial charge in [-0.15, -0.1) is 12.4 Å². The zero-order chi connectivity index (χ0) is 17.4. The molecule has 2 aromatic carbocycles. The Hall–Kier alpha value is -3.05. The van der Waals surface area contributed by atoms with Crippen LogP contribution >= 0.6 is 12.4 Å². The minimum atomic E-state index is -0.273. The lowest BCUT2D eigenvalue weighted by Crippen LogP contribution is -2.11. The SMILES string of the molecule is Cc1ccc2nc(-c3ccc(C)c(NC(=O)c4ccco4)c3)[nH]c2c1.Cl. The smallest absolute Gasteiger partial charge is 0.291 e. The van der Waals surface area contributed by atoms with Gasteiger partial charge in [-0.05, 0) is 55.3 Å². The summed E-state index contributed by atoms with van der Waals surface area (Å²) < 4.78 is 5.14. The van der Waals surface area contributed by atoms with Gasteiger partial charge in [0, 0.05) is 11.3 Å². The number of hydrogen-bond donors (Lipinski definition) is 2. The number of anilines is 1. The summed E-state index contributed by atoms with van der Waals surface area (Å²) in [5, 5.41) is 2.89. The van der Waals surface area contributed by atoms with E-state index < -0.39 is 0 Å². The average Bonchev–Trinajstić information content (AvgIpc) is 3.25. The summed E-state index contributed by atoms with van der Waals surface area (Å²) in [7, 11) is 0. The molecule has 0 unspecified atom stereocenters. The van der Waals surface area contributed by atoms with Gasteiger partial charge >= 0.3 is 0 Å². The summed E-state index contributed by atoms with van der Waals surface area (Å²) in [6, 6.07) is 15.3. The van der Waals surface area contributed by atoms with Crippen molar-refractivity contribution in [3.05, 3.63) is 71.7 Å². The molecule has 6 heteroatoms. The standard InChI is InChI=1S/C20H17N3O2.ClH/c1-12-5-8-15-17(10-12)22-19(21-15)14-7-6-13(2)16(11-14)23-20(24)18-4-3-9-25-18;/h3-11H,1-2H3,(H,21,22)(H,23,24);1H. The molecule has 0 aliphatic rings. The molecule has 26 heavy (non-hydrogen) atoms. The maximum Gasteiger partial charge on any atom is 0.291 e. The second-order valence-electron chi connectivity index (χ2n) is 6.07. The van der Waals surface area contributed by atoms with Gasteiger partial charge < -0.3 is 14.7 Å². The number of rotatable bonds is 3. The number of hydrogen-bond acceptors (Lipinski definition) is 3. The summed E-state index contributed by atoms with van der Waals surface area (Å²) >= 11 is 0. The first-order valence-electron chi connectivity index (χ1n) is 8.02. The van der Waals surface area contributed by atoms with E-state index in [4.69, 9.17) is 4.42 Å². The third kappa shape index (κ3) is 3.34. The van der Waals surface area contributed by atoms with Gasteiger partial charge in [0.2, 0.25) is 0 Å². The molecule has 2 heterocycles. The van der Waals surface area contributed by atoms with Crippen LogP contribution in [0.3, 0.4) is 0 Å². The number of aromatic amines is 1. The number of fused-ring (bicyclic) bond motifs is 1. The minimum absolute atomic E-state index is 0. The Labute approximate surface area is 156 Å². The van der Waals surface area contributed by atoms with Crippen LogP contribution < -0.4 is 5.32 Å². The number of carbonyl (C=O) groups is 1. The van der Waals surface area contributed by atoms with E-state index in [0.29, 0.717) is 0 Å². The molecular formula is C20H18ClN3O2. The van der Waals surface area contributed by atoms with Crippen molar-refractivity contribution in [1.29, 1.82) is 0 Å². The number of carbonyl (C=O) groups excluding carboxylic acids is 1. The van der Waals surface area contributed by atoms with Crippen LogP contribution in [-0.4, -0.2) is 15.9 Å². The Morgan fingerprint density at radius 3 is 2.73 bits per heavy atom. The average molecular weight is 368 g/mol. The Morgan fingerprint density at radius 2 is 1.96 bits per heavy atom. The quantitative estimate of drug-likeness (QED) is 0.528. The van der Waals surface area contributed by atoms with Crippen molar-refractivity contribution >= 4 is 35.0 Å². The molecule has 0 fully saturated rings. The summed E-state index contributed by atoms with van der Waals surface area (Å²) in [4.78, 5) is 20.2. The summed E-state index contributed by atoms with van der Waals surface area (Å²) in [5.74, 6) is 0.781. The van der Waals surface area contributed by atoms with Crippen LogP contribution in [0.15, 0.2) is 59.2 Å². The highest BCUT2D eigenvalue weighted by Gasteiger charge is 2.12. The summed E-state index contributed by atoms with van der Waals surface area (Å²) in [6.45, 7) is 4.00. The number of H-pyrrole nitrogens is 1. The van der Waals surface area contributed by atoms with E-state index in [0.717, 1.165) is 33.7 Å². The maximum absolute atomic E-state index is 12.2. The first-order valence-corrected chi connectivity index (χ1v) is 8.02. The van der Waals surface area contributed by atoms with E-state index >= 15 is 0 Å². The van der Waals surface area contributed by atoms with E-state index in [2.05, 4.69) is 21.4 Å². The Kier molecular flexibility index (Phi) is 4.82. The minimum Gasteiger partial charge on any atom is -0.459 e. The van der Waals surface area contributed by atoms with Crippen molar-refractivity contribution in [2.24, 2.45) is 0 Å². The van der Waals surface area contributed by atoms with Crippen molar-refractivity contribution in [2.45, 2.75) is 13.8 Å². The molecular weight excluding hydrogens is 350 g/mol. The first-order chi connectivity index (χ1) is 12.1. The van der Waals surface area contributed by atoms with Gasteiger partial charge in [0.1, 0.15) is 5.82 Å². The van der Waals surface area contributed by atoms with Gasteiger partial charge in [0.05, 0.1) is 17.3 Å². The lowest BCUT2D eigenvalue weighted by molar-refractivity contribution is 0.0996. The largest absolute Gasteiger partial charge is 0.459 e. The van der Waals surface area contributed by atoms with Gasteiger partial charge in [-0.25, -0.2) is 4.98 Å². The fourth-order valence-electron chi connectivity index (χ4n) is 2.76. The zero-order valence-corrected chi connectivity index (χ0v) is 15.2. The van der Waals surface area contributed by atoms with Crippen molar-refractivity contribution in [2.75, 3.05) is 5.32 Å². The number of furan rings is 1. The number of aryl methyl sites for hydroxylation is 2. The number of amides is 1. The number of halogens is 1. The molecule has 0 radical (unpaired) electrons. The number of benzene rings is 2. The Morgan fingerprint density at radius 1 is 1.12 bits per heavy atom. The topological polar surface area (TPSA) is 70.9 Å². The molecule has 0 aliphatic heterocycles. The normalized spacial score (nSPS) is 10.5. The lowest BCUT2D eigenvalue weighted by Gasteiger charge is -2.08. The molecule has 132 valence electrons. The van der Waals surface area contributed by atoms with Crippen LogP contribution in [0.1, 0.15) is 21.7 Å².